The van der Waals surface area contributed by atoms with Gasteiger partial charge in [0.1, 0.15) is 5.75 Å². The van der Waals surface area contributed by atoms with E-state index < -0.39 is 0 Å². The lowest BCUT2D eigenvalue weighted by Gasteiger charge is -2.31. The van der Waals surface area contributed by atoms with Crippen LogP contribution in [0.15, 0.2) is 83.4 Å². The van der Waals surface area contributed by atoms with Gasteiger partial charge in [-0.2, -0.15) is 4.98 Å². The highest BCUT2D eigenvalue weighted by Crippen LogP contribution is 2.29. The standard InChI is InChI=1S/C27H25N3O3/c1-32-24-15-13-21(14-16-24)25-28-26(33-29-25)23-8-5-17-30(18-23)27(31)22-11-9-20(10-12-22)19-6-3-2-4-7-19/h2-4,6-7,9-16,23H,5,8,17-18H2,1H3. The molecule has 1 amide bonds. The van der Waals surface area contributed by atoms with Crippen molar-refractivity contribution in [3.63, 3.8) is 0 Å². The van der Waals surface area contributed by atoms with Crippen LogP contribution in [0.1, 0.15) is 35.0 Å². The van der Waals surface area contributed by atoms with E-state index in [4.69, 9.17) is 9.26 Å². The molecule has 1 saturated heterocycles. The van der Waals surface area contributed by atoms with Crippen molar-refractivity contribution in [2.45, 2.75) is 18.8 Å². The maximum absolute atomic E-state index is 13.2. The Morgan fingerprint density at radius 2 is 1.64 bits per heavy atom. The molecular weight excluding hydrogens is 414 g/mol. The Morgan fingerprint density at radius 1 is 0.939 bits per heavy atom. The number of likely N-dealkylation sites (tertiary alicyclic amines) is 1. The summed E-state index contributed by atoms with van der Waals surface area (Å²) in [5, 5.41) is 4.15. The average molecular weight is 440 g/mol. The number of ether oxygens (including phenoxy) is 1. The fraction of sp³-hybridized carbons (Fsp3) is 0.222. The number of hydrogen-bond donors (Lipinski definition) is 0. The first-order valence-corrected chi connectivity index (χ1v) is 11.1. The molecule has 0 saturated carbocycles. The van der Waals surface area contributed by atoms with E-state index in [1.807, 2.05) is 71.6 Å². The Balaban J connectivity index is 1.28. The minimum Gasteiger partial charge on any atom is -0.497 e. The maximum Gasteiger partial charge on any atom is 0.253 e. The SMILES string of the molecule is COc1ccc(-c2noc(C3CCCN(C(=O)c4ccc(-c5ccccc5)cc4)C3)n2)cc1. The van der Waals surface area contributed by atoms with Gasteiger partial charge < -0.3 is 14.2 Å². The first kappa shape index (κ1) is 20.9. The van der Waals surface area contributed by atoms with Gasteiger partial charge in [-0.25, -0.2) is 0 Å². The molecule has 0 radical (unpaired) electrons. The van der Waals surface area contributed by atoms with Gasteiger partial charge in [-0.05, 0) is 60.4 Å². The Hall–Kier alpha value is -3.93. The van der Waals surface area contributed by atoms with E-state index in [0.29, 0.717) is 23.8 Å². The van der Waals surface area contributed by atoms with E-state index in [-0.39, 0.29) is 11.8 Å². The van der Waals surface area contributed by atoms with E-state index in [1.165, 1.54) is 0 Å². The zero-order chi connectivity index (χ0) is 22.6. The van der Waals surface area contributed by atoms with Crippen molar-refractivity contribution in [1.29, 1.82) is 0 Å². The van der Waals surface area contributed by atoms with Crippen LogP contribution in [-0.4, -0.2) is 41.1 Å². The van der Waals surface area contributed by atoms with Gasteiger partial charge in [-0.3, -0.25) is 4.79 Å². The van der Waals surface area contributed by atoms with Crippen molar-refractivity contribution in [1.82, 2.24) is 15.0 Å². The number of methoxy groups -OCH3 is 1. The molecule has 5 rings (SSSR count). The average Bonchev–Trinajstić information content (AvgIpc) is 3.39. The summed E-state index contributed by atoms with van der Waals surface area (Å²) < 4.78 is 10.8. The van der Waals surface area contributed by atoms with E-state index in [0.717, 1.165) is 41.8 Å². The van der Waals surface area contributed by atoms with E-state index in [9.17, 15) is 4.79 Å². The van der Waals surface area contributed by atoms with E-state index in [2.05, 4.69) is 22.3 Å². The third kappa shape index (κ3) is 4.51. The third-order valence-electron chi connectivity index (χ3n) is 6.09. The summed E-state index contributed by atoms with van der Waals surface area (Å²) in [4.78, 5) is 19.7. The summed E-state index contributed by atoms with van der Waals surface area (Å²) in [5.41, 5.74) is 3.80. The fourth-order valence-electron chi connectivity index (χ4n) is 4.24. The fourth-order valence-corrected chi connectivity index (χ4v) is 4.24. The number of piperidine rings is 1. The van der Waals surface area contributed by atoms with Crippen LogP contribution >= 0.6 is 0 Å². The number of hydrogen-bond acceptors (Lipinski definition) is 5. The summed E-state index contributed by atoms with van der Waals surface area (Å²) in [5.74, 6) is 1.98. The highest BCUT2D eigenvalue weighted by atomic mass is 16.5. The lowest BCUT2D eigenvalue weighted by molar-refractivity contribution is 0.0695. The molecule has 0 aliphatic carbocycles. The number of aromatic nitrogens is 2. The molecular formula is C27H25N3O3. The van der Waals surface area contributed by atoms with Gasteiger partial charge >= 0.3 is 0 Å². The summed E-state index contributed by atoms with van der Waals surface area (Å²) >= 11 is 0. The third-order valence-corrected chi connectivity index (χ3v) is 6.09. The molecule has 4 aromatic rings. The molecule has 1 unspecified atom stereocenters. The van der Waals surface area contributed by atoms with Gasteiger partial charge in [0.2, 0.25) is 11.7 Å². The molecule has 6 heteroatoms. The highest BCUT2D eigenvalue weighted by molar-refractivity contribution is 5.94. The van der Waals surface area contributed by atoms with Crippen LogP contribution in [-0.2, 0) is 0 Å². The first-order valence-electron chi connectivity index (χ1n) is 11.1. The zero-order valence-electron chi connectivity index (χ0n) is 18.5. The molecule has 1 aliphatic rings. The highest BCUT2D eigenvalue weighted by Gasteiger charge is 2.29. The first-order chi connectivity index (χ1) is 16.2. The van der Waals surface area contributed by atoms with Crippen molar-refractivity contribution < 1.29 is 14.1 Å². The predicted molar refractivity (Wildman–Crippen MR) is 126 cm³/mol. The molecule has 1 atom stereocenters. The van der Waals surface area contributed by atoms with Crippen molar-refractivity contribution in [2.24, 2.45) is 0 Å². The topological polar surface area (TPSA) is 68.5 Å². The second kappa shape index (κ2) is 9.28. The van der Waals surface area contributed by atoms with Crippen LogP contribution in [0, 0.1) is 0 Å². The van der Waals surface area contributed by atoms with Gasteiger partial charge in [-0.1, -0.05) is 47.6 Å². The number of benzene rings is 3. The molecule has 6 nitrogen and oxygen atoms in total. The molecule has 0 bridgehead atoms. The van der Waals surface area contributed by atoms with Crippen LogP contribution in [0.5, 0.6) is 5.75 Å². The van der Waals surface area contributed by atoms with Crippen molar-refractivity contribution in [3.8, 4) is 28.3 Å². The minimum absolute atomic E-state index is 0.0331. The van der Waals surface area contributed by atoms with Crippen molar-refractivity contribution in [2.75, 3.05) is 20.2 Å². The number of carbonyl (C=O) groups is 1. The zero-order valence-corrected chi connectivity index (χ0v) is 18.5. The molecule has 33 heavy (non-hydrogen) atoms. The van der Waals surface area contributed by atoms with Gasteiger partial charge in [0.05, 0.1) is 13.0 Å². The number of carbonyl (C=O) groups excluding carboxylic acids is 1. The lowest BCUT2D eigenvalue weighted by Crippen LogP contribution is -2.39. The van der Waals surface area contributed by atoms with Crippen LogP contribution in [0.4, 0.5) is 0 Å². The molecule has 166 valence electrons. The molecule has 2 heterocycles. The quantitative estimate of drug-likeness (QED) is 0.415. The summed E-state index contributed by atoms with van der Waals surface area (Å²) in [6.45, 7) is 1.30. The normalized spacial score (nSPS) is 15.9. The molecule has 1 aliphatic heterocycles. The number of nitrogens with zero attached hydrogens (tertiary/aromatic N) is 3. The second-order valence-corrected chi connectivity index (χ2v) is 8.22. The largest absolute Gasteiger partial charge is 0.497 e. The van der Waals surface area contributed by atoms with Gasteiger partial charge in [0.25, 0.3) is 5.91 Å². The van der Waals surface area contributed by atoms with Crippen LogP contribution in [0.2, 0.25) is 0 Å². The Morgan fingerprint density at radius 3 is 2.36 bits per heavy atom. The second-order valence-electron chi connectivity index (χ2n) is 8.22. The van der Waals surface area contributed by atoms with Crippen molar-refractivity contribution >= 4 is 5.91 Å². The van der Waals surface area contributed by atoms with Gasteiger partial charge in [-0.15, -0.1) is 0 Å². The maximum atomic E-state index is 13.2. The smallest absolute Gasteiger partial charge is 0.253 e. The predicted octanol–water partition coefficient (Wildman–Crippen LogP) is 5.43. The Bertz CT molecular complexity index is 1220. The lowest BCUT2D eigenvalue weighted by atomic mass is 9.97. The van der Waals surface area contributed by atoms with Crippen LogP contribution in [0.3, 0.4) is 0 Å². The van der Waals surface area contributed by atoms with Gasteiger partial charge in [0.15, 0.2) is 0 Å². The van der Waals surface area contributed by atoms with Crippen LogP contribution < -0.4 is 4.74 Å². The molecule has 0 spiro atoms. The summed E-state index contributed by atoms with van der Waals surface area (Å²) in [6.07, 6.45) is 1.82. The molecule has 3 aromatic carbocycles. The van der Waals surface area contributed by atoms with E-state index >= 15 is 0 Å². The molecule has 1 aromatic heterocycles. The minimum atomic E-state index is 0.0331. The van der Waals surface area contributed by atoms with E-state index in [1.54, 1.807) is 7.11 Å². The summed E-state index contributed by atoms with van der Waals surface area (Å²) in [7, 11) is 1.63. The van der Waals surface area contributed by atoms with Gasteiger partial charge in [0, 0.05) is 24.2 Å². The molecule has 0 N–H and O–H groups in total. The van der Waals surface area contributed by atoms with Crippen LogP contribution in [0.25, 0.3) is 22.5 Å². The monoisotopic (exact) mass is 439 g/mol. The molecule has 1 fully saturated rings. The Labute approximate surface area is 192 Å². The summed E-state index contributed by atoms with van der Waals surface area (Å²) in [6, 6.07) is 25.5. The number of rotatable bonds is 5. The van der Waals surface area contributed by atoms with Crippen molar-refractivity contribution in [3.05, 3.63) is 90.3 Å². The number of amides is 1. The Kier molecular flexibility index (Phi) is 5.89.